The molecule has 4 N–H and O–H groups in total. The first-order valence-electron chi connectivity index (χ1n) is 4.84. The van der Waals surface area contributed by atoms with Gasteiger partial charge in [-0.1, -0.05) is 21.6 Å². The molecular weight excluding hydrogens is 392 g/mol. The molecule has 122 valence electrons. The summed E-state index contributed by atoms with van der Waals surface area (Å²) in [6.07, 6.45) is -1.88. The summed E-state index contributed by atoms with van der Waals surface area (Å²) in [6.45, 7) is 0. The monoisotopic (exact) mass is 406 g/mol. The second kappa shape index (κ2) is 10.0. The highest BCUT2D eigenvalue weighted by Gasteiger charge is 2.14. The number of aliphatic hydroxyl groups excluding tert-OH is 2. The zero-order chi connectivity index (χ0) is 15.8. The molecule has 0 bridgehead atoms. The highest BCUT2D eigenvalue weighted by atomic mass is 33.2. The van der Waals surface area contributed by atoms with E-state index in [-0.39, 0.29) is 44.6 Å². The van der Waals surface area contributed by atoms with Gasteiger partial charge in [-0.2, -0.15) is 16.8 Å². The summed E-state index contributed by atoms with van der Waals surface area (Å²) < 4.78 is 58.5. The van der Waals surface area contributed by atoms with E-state index in [1.807, 2.05) is 0 Å². The molecule has 0 saturated carbocycles. The first kappa shape index (κ1) is 21.1. The third-order valence-electron chi connectivity index (χ3n) is 1.42. The van der Waals surface area contributed by atoms with Crippen LogP contribution < -0.4 is 0 Å². The molecule has 0 radical (unpaired) electrons. The minimum atomic E-state index is -4.17. The minimum Gasteiger partial charge on any atom is -0.391 e. The van der Waals surface area contributed by atoms with Gasteiger partial charge in [-0.15, -0.1) is 0 Å². The van der Waals surface area contributed by atoms with Crippen LogP contribution in [0.2, 0.25) is 0 Å². The molecule has 0 spiro atoms. The highest BCUT2D eigenvalue weighted by molar-refractivity contribution is 8.76. The van der Waals surface area contributed by atoms with Crippen molar-refractivity contribution in [3.8, 4) is 0 Å². The van der Waals surface area contributed by atoms with Crippen LogP contribution in [0.25, 0.3) is 0 Å². The molecule has 0 saturated heterocycles. The number of aliphatic hydroxyl groups is 2. The van der Waals surface area contributed by atoms with Gasteiger partial charge in [-0.05, 0) is 21.6 Å². The Hall–Kier alpha value is 1.14. The molecule has 2 atom stereocenters. The second-order valence-corrected chi connectivity index (χ2v) is 12.6. The topological polar surface area (TPSA) is 149 Å². The third-order valence-corrected chi connectivity index (χ3v) is 8.19. The Morgan fingerprint density at radius 2 is 1.00 bits per heavy atom. The summed E-state index contributed by atoms with van der Waals surface area (Å²) in [5, 5.41) is 18.8. The number of rotatable bonds is 11. The largest absolute Gasteiger partial charge is 0.391 e. The first-order valence-corrected chi connectivity index (χ1v) is 13.2. The molecule has 0 aromatic heterocycles. The molecule has 0 rings (SSSR count). The van der Waals surface area contributed by atoms with E-state index in [0.29, 0.717) is 0 Å². The van der Waals surface area contributed by atoms with Crippen molar-refractivity contribution in [2.45, 2.75) is 12.2 Å². The normalized spacial score (nSPS) is 16.0. The van der Waals surface area contributed by atoms with Crippen LogP contribution in [0.3, 0.4) is 0 Å². The van der Waals surface area contributed by atoms with Crippen molar-refractivity contribution in [2.75, 3.05) is 23.0 Å². The summed E-state index contributed by atoms with van der Waals surface area (Å²) in [7, 11) is -5.55. The van der Waals surface area contributed by atoms with Crippen LogP contribution in [0.5, 0.6) is 0 Å². The molecule has 0 amide bonds. The Bertz CT molecular complexity index is 416. The predicted molar refractivity (Wildman–Crippen MR) is 84.9 cm³/mol. The summed E-state index contributed by atoms with van der Waals surface area (Å²) in [6, 6.07) is 0. The third kappa shape index (κ3) is 15.5. The first-order chi connectivity index (χ1) is 8.99. The van der Waals surface area contributed by atoms with Gasteiger partial charge in [-0.25, -0.2) is 0 Å². The molecule has 0 aliphatic carbocycles. The molecule has 20 heavy (non-hydrogen) atoms. The van der Waals surface area contributed by atoms with E-state index < -0.39 is 30.5 Å². The lowest BCUT2D eigenvalue weighted by Gasteiger charge is -2.10. The van der Waals surface area contributed by atoms with Gasteiger partial charge in [0.1, 0.15) is 0 Å². The van der Waals surface area contributed by atoms with Crippen LogP contribution in [0.1, 0.15) is 0 Å². The smallest absolute Gasteiger partial charge is 0.319 e. The summed E-state index contributed by atoms with van der Waals surface area (Å²) >= 11 is 0. The second-order valence-electron chi connectivity index (χ2n) is 3.30. The van der Waals surface area contributed by atoms with E-state index in [9.17, 15) is 27.0 Å². The fourth-order valence-electron chi connectivity index (χ4n) is 0.679. The van der Waals surface area contributed by atoms with Gasteiger partial charge in [0, 0.05) is 23.0 Å². The van der Waals surface area contributed by atoms with Crippen molar-refractivity contribution in [1.82, 2.24) is 0 Å². The average molecular weight is 407 g/mol. The van der Waals surface area contributed by atoms with Crippen molar-refractivity contribution in [3.05, 3.63) is 0 Å². The minimum absolute atomic E-state index is 0.173. The van der Waals surface area contributed by atoms with E-state index >= 15 is 0 Å². The standard InChI is InChI=1S/C6H14O8S6/c7-5(3-17-19(9,10)11)1-15-16-2-6(8)4-18-20(12,13)14/h5-8H,1-4H2,(H,9,10,11)(H,12,13,14)/t5-,6-/m0/s1. The van der Waals surface area contributed by atoms with Gasteiger partial charge in [0.2, 0.25) is 0 Å². The van der Waals surface area contributed by atoms with Crippen molar-refractivity contribution in [3.63, 3.8) is 0 Å². The number of hydrogen-bond donors (Lipinski definition) is 4. The fraction of sp³-hybridized carbons (Fsp3) is 1.00. The maximum atomic E-state index is 10.4. The average Bonchev–Trinajstić information content (AvgIpc) is 2.27. The van der Waals surface area contributed by atoms with Crippen LogP contribution in [0.15, 0.2) is 0 Å². The molecule has 0 aliphatic rings. The molecule has 14 heteroatoms. The van der Waals surface area contributed by atoms with Gasteiger partial charge >= 0.3 is 18.3 Å². The molecule has 8 nitrogen and oxygen atoms in total. The summed E-state index contributed by atoms with van der Waals surface area (Å²) in [5.74, 6) is 0.0256. The van der Waals surface area contributed by atoms with Gasteiger partial charge in [0.15, 0.2) is 0 Å². The Kier molecular flexibility index (Phi) is 10.6. The van der Waals surface area contributed by atoms with Crippen LogP contribution >= 0.6 is 43.2 Å². The lowest BCUT2D eigenvalue weighted by Crippen LogP contribution is -2.16. The van der Waals surface area contributed by atoms with E-state index in [1.54, 1.807) is 0 Å². The van der Waals surface area contributed by atoms with Crippen molar-refractivity contribution >= 4 is 61.5 Å². The Morgan fingerprint density at radius 3 is 1.25 bits per heavy atom. The maximum Gasteiger partial charge on any atom is 0.319 e. The van der Waals surface area contributed by atoms with Crippen LogP contribution in [0, 0.1) is 0 Å². The molecule has 0 aromatic carbocycles. The van der Waals surface area contributed by atoms with Crippen LogP contribution in [-0.2, 0) is 18.3 Å². The number of hydrogen-bond acceptors (Lipinski definition) is 10. The summed E-state index contributed by atoms with van der Waals surface area (Å²) in [5.41, 5.74) is 0. The van der Waals surface area contributed by atoms with Crippen molar-refractivity contribution in [1.29, 1.82) is 0 Å². The molecular formula is C6H14O8S6. The molecule has 0 aromatic rings. The lowest BCUT2D eigenvalue weighted by atomic mass is 10.5. The summed E-state index contributed by atoms with van der Waals surface area (Å²) in [4.78, 5) is 0. The fourth-order valence-corrected chi connectivity index (χ4v) is 6.11. The Balaban J connectivity index is 3.65. The lowest BCUT2D eigenvalue weighted by molar-refractivity contribution is 0.224. The van der Waals surface area contributed by atoms with E-state index in [4.69, 9.17) is 9.11 Å². The zero-order valence-electron chi connectivity index (χ0n) is 9.85. The zero-order valence-corrected chi connectivity index (χ0v) is 14.8. The highest BCUT2D eigenvalue weighted by Crippen LogP contribution is 2.25. The molecule has 0 aliphatic heterocycles. The quantitative estimate of drug-likeness (QED) is 0.210. The van der Waals surface area contributed by atoms with Crippen LogP contribution in [0.4, 0.5) is 0 Å². The van der Waals surface area contributed by atoms with E-state index in [0.717, 1.165) is 0 Å². The van der Waals surface area contributed by atoms with E-state index in [2.05, 4.69) is 0 Å². The van der Waals surface area contributed by atoms with Crippen molar-refractivity contribution < 1.29 is 36.2 Å². The molecule has 0 heterocycles. The SMILES string of the molecule is O=S(=O)(O)SC[C@@H](O)CSSC[C@H](O)CSS(=O)(=O)O. The Labute approximate surface area is 132 Å². The molecule has 0 fully saturated rings. The van der Waals surface area contributed by atoms with E-state index in [1.165, 1.54) is 21.6 Å². The predicted octanol–water partition coefficient (Wildman–Crippen LogP) is 0.162. The van der Waals surface area contributed by atoms with Crippen LogP contribution in [-0.4, -0.2) is 71.4 Å². The molecule has 0 unspecified atom stereocenters. The van der Waals surface area contributed by atoms with Gasteiger partial charge in [-0.3, -0.25) is 9.11 Å². The van der Waals surface area contributed by atoms with Gasteiger partial charge in [0.25, 0.3) is 0 Å². The van der Waals surface area contributed by atoms with Crippen molar-refractivity contribution in [2.24, 2.45) is 0 Å². The maximum absolute atomic E-state index is 10.4. The van der Waals surface area contributed by atoms with Gasteiger partial charge in [0.05, 0.1) is 12.2 Å². The Morgan fingerprint density at radius 1 is 0.700 bits per heavy atom. The van der Waals surface area contributed by atoms with Gasteiger partial charge < -0.3 is 10.2 Å².